The Balaban J connectivity index is 0.00000220. The molecule has 2 aromatic heterocycles. The maximum atomic E-state index is 12.2. The number of fused-ring (bicyclic) bond motifs is 1. The summed E-state index contributed by atoms with van der Waals surface area (Å²) >= 11 is 0. The van der Waals surface area contributed by atoms with Crippen molar-refractivity contribution >= 4 is 17.1 Å². The first-order valence-corrected chi connectivity index (χ1v) is 6.19. The number of nitrogens with zero attached hydrogens (tertiary/aromatic N) is 4. The summed E-state index contributed by atoms with van der Waals surface area (Å²) in [6.45, 7) is 3.58. The standard InChI is InChI=1S/C12H16N4O4.CH4/c1-5-20-11(18)7(2)16-6-13-9-8(16)10(17)15(4)12(19)14(9)3;/h6-7H,5H2,1-4H3;1H4/t7-;/m0./s1. The Morgan fingerprint density at radius 1 is 1.33 bits per heavy atom. The van der Waals surface area contributed by atoms with Crippen molar-refractivity contribution in [2.24, 2.45) is 14.1 Å². The van der Waals surface area contributed by atoms with Crippen molar-refractivity contribution < 1.29 is 9.53 Å². The molecule has 0 unspecified atom stereocenters. The van der Waals surface area contributed by atoms with Crippen LogP contribution in [0.4, 0.5) is 0 Å². The fourth-order valence-electron chi connectivity index (χ4n) is 2.03. The van der Waals surface area contributed by atoms with Gasteiger partial charge in [0.25, 0.3) is 5.56 Å². The van der Waals surface area contributed by atoms with Gasteiger partial charge in [-0.05, 0) is 13.8 Å². The Labute approximate surface area is 121 Å². The average Bonchev–Trinajstić information content (AvgIpc) is 2.87. The molecule has 0 radical (unpaired) electrons. The van der Waals surface area contributed by atoms with Gasteiger partial charge in [-0.15, -0.1) is 0 Å². The summed E-state index contributed by atoms with van der Waals surface area (Å²) in [5, 5.41) is 0. The smallest absolute Gasteiger partial charge is 0.332 e. The van der Waals surface area contributed by atoms with E-state index in [0.717, 1.165) is 4.57 Å². The van der Waals surface area contributed by atoms with Crippen LogP contribution >= 0.6 is 0 Å². The number of hydrogen-bond acceptors (Lipinski definition) is 5. The van der Waals surface area contributed by atoms with E-state index in [1.807, 2.05) is 0 Å². The first-order chi connectivity index (χ1) is 9.40. The molecule has 21 heavy (non-hydrogen) atoms. The van der Waals surface area contributed by atoms with E-state index in [2.05, 4.69) is 4.98 Å². The van der Waals surface area contributed by atoms with Crippen molar-refractivity contribution in [3.05, 3.63) is 27.2 Å². The van der Waals surface area contributed by atoms with Crippen molar-refractivity contribution in [3.63, 3.8) is 0 Å². The molecule has 2 rings (SSSR count). The maximum Gasteiger partial charge on any atom is 0.332 e. The first-order valence-electron chi connectivity index (χ1n) is 6.19. The molecule has 1 atom stereocenters. The van der Waals surface area contributed by atoms with Crippen LogP contribution in [-0.4, -0.2) is 31.3 Å². The summed E-state index contributed by atoms with van der Waals surface area (Å²) < 4.78 is 8.61. The molecular weight excluding hydrogens is 276 g/mol. The predicted molar refractivity (Wildman–Crippen MR) is 78.3 cm³/mol. The largest absolute Gasteiger partial charge is 0.464 e. The molecule has 0 spiro atoms. The zero-order valence-electron chi connectivity index (χ0n) is 11.8. The monoisotopic (exact) mass is 296 g/mol. The van der Waals surface area contributed by atoms with Gasteiger partial charge in [-0.25, -0.2) is 14.6 Å². The number of hydrogen-bond donors (Lipinski definition) is 0. The van der Waals surface area contributed by atoms with E-state index in [1.165, 1.54) is 29.6 Å². The summed E-state index contributed by atoms with van der Waals surface area (Å²) in [6.07, 6.45) is 1.37. The van der Waals surface area contributed by atoms with Gasteiger partial charge in [0.1, 0.15) is 6.04 Å². The lowest BCUT2D eigenvalue weighted by Gasteiger charge is -2.13. The van der Waals surface area contributed by atoms with Gasteiger partial charge < -0.3 is 9.30 Å². The highest BCUT2D eigenvalue weighted by atomic mass is 16.5. The molecule has 8 nitrogen and oxygen atoms in total. The zero-order chi connectivity index (χ0) is 15.0. The lowest BCUT2D eigenvalue weighted by Crippen LogP contribution is -2.38. The molecule has 0 fully saturated rings. The van der Waals surface area contributed by atoms with Crippen molar-refractivity contribution in [3.8, 4) is 0 Å². The van der Waals surface area contributed by atoms with Crippen LogP contribution in [0.3, 0.4) is 0 Å². The van der Waals surface area contributed by atoms with E-state index in [4.69, 9.17) is 4.74 Å². The SMILES string of the molecule is C.CCOC(=O)[C@H](C)n1cnc2c1c(=O)n(C)c(=O)n2C. The fraction of sp³-hybridized carbons (Fsp3) is 0.538. The number of aromatic nitrogens is 4. The van der Waals surface area contributed by atoms with Crippen molar-refractivity contribution in [1.82, 2.24) is 18.7 Å². The highest BCUT2D eigenvalue weighted by molar-refractivity contribution is 5.78. The zero-order valence-corrected chi connectivity index (χ0v) is 11.8. The quantitative estimate of drug-likeness (QED) is 0.755. The van der Waals surface area contributed by atoms with Crippen molar-refractivity contribution in [1.29, 1.82) is 0 Å². The van der Waals surface area contributed by atoms with Crippen LogP contribution in [0, 0.1) is 0 Å². The van der Waals surface area contributed by atoms with E-state index >= 15 is 0 Å². The number of carbonyl (C=O) groups is 1. The van der Waals surface area contributed by atoms with Crippen LogP contribution in [0.25, 0.3) is 11.2 Å². The number of esters is 1. The van der Waals surface area contributed by atoms with Gasteiger partial charge in [0.05, 0.1) is 12.9 Å². The van der Waals surface area contributed by atoms with Crippen LogP contribution in [0.5, 0.6) is 0 Å². The average molecular weight is 296 g/mol. The first kappa shape index (κ1) is 16.7. The predicted octanol–water partition coefficient (Wildman–Crippen LogP) is 0.194. The Kier molecular flexibility index (Phi) is 4.72. The topological polar surface area (TPSA) is 88.1 Å². The van der Waals surface area contributed by atoms with Crippen molar-refractivity contribution in [2.45, 2.75) is 27.3 Å². The molecule has 2 aromatic rings. The maximum absolute atomic E-state index is 12.2. The summed E-state index contributed by atoms with van der Waals surface area (Å²) in [7, 11) is 2.91. The van der Waals surface area contributed by atoms with Gasteiger partial charge in [-0.2, -0.15) is 0 Å². The van der Waals surface area contributed by atoms with Gasteiger partial charge in [0.2, 0.25) is 0 Å². The van der Waals surface area contributed by atoms with Crippen LogP contribution in [0.2, 0.25) is 0 Å². The molecule has 0 bridgehead atoms. The number of imidazole rings is 1. The normalized spacial score (nSPS) is 12.0. The molecular formula is C13H20N4O4. The van der Waals surface area contributed by atoms with E-state index in [-0.39, 0.29) is 25.2 Å². The van der Waals surface area contributed by atoms with Crippen LogP contribution < -0.4 is 11.2 Å². The molecule has 116 valence electrons. The lowest BCUT2D eigenvalue weighted by atomic mass is 10.3. The summed E-state index contributed by atoms with van der Waals surface area (Å²) in [5.74, 6) is -0.456. The molecule has 8 heteroatoms. The number of aryl methyl sites for hydroxylation is 1. The fourth-order valence-corrected chi connectivity index (χ4v) is 2.03. The van der Waals surface area contributed by atoms with E-state index in [0.29, 0.717) is 0 Å². The Hall–Kier alpha value is -2.38. The Morgan fingerprint density at radius 2 is 1.95 bits per heavy atom. The van der Waals surface area contributed by atoms with Gasteiger partial charge in [0, 0.05) is 14.1 Å². The molecule has 0 aromatic carbocycles. The molecule has 0 saturated carbocycles. The van der Waals surface area contributed by atoms with Crippen molar-refractivity contribution in [2.75, 3.05) is 6.61 Å². The highest BCUT2D eigenvalue weighted by Gasteiger charge is 2.22. The number of rotatable bonds is 3. The lowest BCUT2D eigenvalue weighted by molar-refractivity contribution is -0.146. The van der Waals surface area contributed by atoms with Crippen LogP contribution in [0.15, 0.2) is 15.9 Å². The van der Waals surface area contributed by atoms with Gasteiger partial charge in [-0.1, -0.05) is 7.43 Å². The second-order valence-corrected chi connectivity index (χ2v) is 4.46. The minimum atomic E-state index is -0.690. The second-order valence-electron chi connectivity index (χ2n) is 4.46. The molecule has 0 amide bonds. The molecule has 0 aliphatic heterocycles. The van der Waals surface area contributed by atoms with Gasteiger partial charge >= 0.3 is 11.7 Å². The Bertz CT molecular complexity index is 784. The molecule has 0 aliphatic rings. The van der Waals surface area contributed by atoms with Crippen LogP contribution in [0.1, 0.15) is 27.3 Å². The van der Waals surface area contributed by atoms with Gasteiger partial charge in [0.15, 0.2) is 11.2 Å². The number of ether oxygens (including phenoxy) is 1. The summed E-state index contributed by atoms with van der Waals surface area (Å²) in [5.41, 5.74) is -0.502. The van der Waals surface area contributed by atoms with E-state index in [9.17, 15) is 14.4 Å². The molecule has 0 aliphatic carbocycles. The third kappa shape index (κ3) is 2.48. The Morgan fingerprint density at radius 3 is 2.52 bits per heavy atom. The number of carbonyl (C=O) groups excluding carboxylic acids is 1. The molecule has 0 saturated heterocycles. The summed E-state index contributed by atoms with van der Waals surface area (Å²) in [6, 6.07) is -0.690. The molecule has 0 N–H and O–H groups in total. The minimum absolute atomic E-state index is 0. The van der Waals surface area contributed by atoms with Crippen LogP contribution in [-0.2, 0) is 23.6 Å². The molecule has 2 heterocycles. The minimum Gasteiger partial charge on any atom is -0.464 e. The highest BCUT2D eigenvalue weighted by Crippen LogP contribution is 2.14. The summed E-state index contributed by atoms with van der Waals surface area (Å²) in [4.78, 5) is 39.8. The second kappa shape index (κ2) is 5.94. The third-order valence-electron chi connectivity index (χ3n) is 3.22. The van der Waals surface area contributed by atoms with E-state index < -0.39 is 23.3 Å². The van der Waals surface area contributed by atoms with Gasteiger partial charge in [-0.3, -0.25) is 13.9 Å². The third-order valence-corrected chi connectivity index (χ3v) is 3.22. The van der Waals surface area contributed by atoms with E-state index in [1.54, 1.807) is 13.8 Å².